The lowest BCUT2D eigenvalue weighted by atomic mass is 10.2. The molecule has 0 aliphatic rings. The SMILES string of the molecule is C#C/C(C)=C\[C@@H](O)C#C[Si](C)(C)C. The summed E-state index contributed by atoms with van der Waals surface area (Å²) in [6.45, 7) is 8.17. The van der Waals surface area contributed by atoms with Gasteiger partial charge in [-0.3, -0.25) is 0 Å². The normalized spacial score (nSPS) is 14.0. The summed E-state index contributed by atoms with van der Waals surface area (Å²) in [4.78, 5) is 0. The van der Waals surface area contributed by atoms with Crippen molar-refractivity contribution in [1.82, 2.24) is 0 Å². The minimum atomic E-state index is -1.38. The van der Waals surface area contributed by atoms with E-state index in [0.29, 0.717) is 0 Å². The highest BCUT2D eigenvalue weighted by atomic mass is 28.3. The second-order valence-electron chi connectivity index (χ2n) is 3.96. The zero-order valence-corrected chi connectivity index (χ0v) is 9.68. The molecule has 1 N–H and O–H groups in total. The van der Waals surface area contributed by atoms with Crippen LogP contribution in [0.2, 0.25) is 19.6 Å². The maximum Gasteiger partial charge on any atom is 0.133 e. The van der Waals surface area contributed by atoms with E-state index >= 15 is 0 Å². The van der Waals surface area contributed by atoms with Crippen molar-refractivity contribution in [2.24, 2.45) is 0 Å². The smallest absolute Gasteiger partial charge is 0.133 e. The van der Waals surface area contributed by atoms with Crippen molar-refractivity contribution in [2.75, 3.05) is 0 Å². The number of aliphatic hydroxyl groups is 1. The van der Waals surface area contributed by atoms with E-state index < -0.39 is 14.2 Å². The molecule has 0 unspecified atom stereocenters. The Bertz CT molecular complexity index is 291. The summed E-state index contributed by atoms with van der Waals surface area (Å²) in [7, 11) is -1.38. The fraction of sp³-hybridized carbons (Fsp3) is 0.455. The van der Waals surface area contributed by atoms with Crippen LogP contribution in [0.5, 0.6) is 0 Å². The lowest BCUT2D eigenvalue weighted by molar-refractivity contribution is 0.280. The largest absolute Gasteiger partial charge is 0.377 e. The van der Waals surface area contributed by atoms with E-state index in [1.54, 1.807) is 13.0 Å². The van der Waals surface area contributed by atoms with Gasteiger partial charge >= 0.3 is 0 Å². The number of hydrogen-bond acceptors (Lipinski definition) is 1. The van der Waals surface area contributed by atoms with Gasteiger partial charge in [-0.2, -0.15) is 0 Å². The van der Waals surface area contributed by atoms with E-state index in [-0.39, 0.29) is 0 Å². The Hall–Kier alpha value is -0.963. The average Bonchev–Trinajstić information content (AvgIpc) is 1.99. The van der Waals surface area contributed by atoms with Gasteiger partial charge in [0.1, 0.15) is 14.2 Å². The average molecular weight is 192 g/mol. The molecular weight excluding hydrogens is 176 g/mol. The first kappa shape index (κ1) is 12.0. The van der Waals surface area contributed by atoms with Gasteiger partial charge in [-0.15, -0.1) is 12.0 Å². The van der Waals surface area contributed by atoms with Crippen molar-refractivity contribution < 1.29 is 5.11 Å². The number of terminal acetylenes is 1. The van der Waals surface area contributed by atoms with Crippen LogP contribution < -0.4 is 0 Å². The van der Waals surface area contributed by atoms with Crippen molar-refractivity contribution in [2.45, 2.75) is 32.7 Å². The zero-order valence-electron chi connectivity index (χ0n) is 8.68. The first-order chi connectivity index (χ1) is 5.85. The molecule has 1 atom stereocenters. The molecule has 0 spiro atoms. The first-order valence-corrected chi connectivity index (χ1v) is 7.71. The van der Waals surface area contributed by atoms with Gasteiger partial charge in [0.25, 0.3) is 0 Å². The molecular formula is C11H16OSi. The Kier molecular flexibility index (Phi) is 4.55. The van der Waals surface area contributed by atoms with Gasteiger partial charge in [0.05, 0.1) is 0 Å². The quantitative estimate of drug-likeness (QED) is 0.496. The van der Waals surface area contributed by atoms with Gasteiger partial charge in [0, 0.05) is 0 Å². The molecule has 0 aliphatic heterocycles. The Morgan fingerprint density at radius 2 is 2.00 bits per heavy atom. The van der Waals surface area contributed by atoms with Gasteiger partial charge < -0.3 is 5.11 Å². The van der Waals surface area contributed by atoms with Crippen LogP contribution in [0.3, 0.4) is 0 Å². The van der Waals surface area contributed by atoms with E-state index in [1.165, 1.54) is 0 Å². The molecule has 0 rings (SSSR count). The van der Waals surface area contributed by atoms with E-state index in [4.69, 9.17) is 6.42 Å². The van der Waals surface area contributed by atoms with E-state index in [1.807, 2.05) is 0 Å². The fourth-order valence-corrected chi connectivity index (χ4v) is 1.20. The number of allylic oxidation sites excluding steroid dienone is 1. The maximum absolute atomic E-state index is 9.39. The van der Waals surface area contributed by atoms with Crippen molar-refractivity contribution >= 4 is 8.07 Å². The molecule has 0 amide bonds. The van der Waals surface area contributed by atoms with Crippen molar-refractivity contribution in [3.05, 3.63) is 11.6 Å². The molecule has 0 fully saturated rings. The Morgan fingerprint density at radius 1 is 1.46 bits per heavy atom. The highest BCUT2D eigenvalue weighted by Gasteiger charge is 2.07. The van der Waals surface area contributed by atoms with Gasteiger partial charge in [-0.25, -0.2) is 0 Å². The van der Waals surface area contributed by atoms with Crippen LogP contribution in [0, 0.1) is 23.8 Å². The molecule has 0 radical (unpaired) electrons. The third kappa shape index (κ3) is 7.40. The molecule has 2 heteroatoms. The highest BCUT2D eigenvalue weighted by Crippen LogP contribution is 1.98. The predicted molar refractivity (Wildman–Crippen MR) is 59.7 cm³/mol. The Labute approximate surface area is 81.9 Å². The molecule has 1 nitrogen and oxygen atoms in total. The number of rotatable bonds is 1. The molecule has 0 aromatic carbocycles. The fourth-order valence-electron chi connectivity index (χ4n) is 0.617. The Balaban J connectivity index is 4.40. The summed E-state index contributed by atoms with van der Waals surface area (Å²) in [5, 5.41) is 9.39. The minimum absolute atomic E-state index is 0.720. The molecule has 0 saturated heterocycles. The van der Waals surface area contributed by atoms with Crippen LogP contribution in [-0.2, 0) is 0 Å². The third-order valence-electron chi connectivity index (χ3n) is 1.23. The van der Waals surface area contributed by atoms with Crippen LogP contribution >= 0.6 is 0 Å². The molecule has 0 aromatic heterocycles. The minimum Gasteiger partial charge on any atom is -0.377 e. The number of aliphatic hydroxyl groups excluding tert-OH is 1. The van der Waals surface area contributed by atoms with E-state index in [0.717, 1.165) is 5.57 Å². The van der Waals surface area contributed by atoms with Crippen LogP contribution in [0.1, 0.15) is 6.92 Å². The first-order valence-electron chi connectivity index (χ1n) is 4.21. The summed E-state index contributed by atoms with van der Waals surface area (Å²) in [6, 6.07) is 0. The predicted octanol–water partition coefficient (Wildman–Crippen LogP) is 1.81. The molecule has 0 heterocycles. The van der Waals surface area contributed by atoms with Gasteiger partial charge in [-0.1, -0.05) is 31.5 Å². The van der Waals surface area contributed by atoms with Crippen LogP contribution in [0.4, 0.5) is 0 Å². The molecule has 0 bridgehead atoms. The molecule has 70 valence electrons. The summed E-state index contributed by atoms with van der Waals surface area (Å²) >= 11 is 0. The molecule has 0 aromatic rings. The molecule has 13 heavy (non-hydrogen) atoms. The van der Waals surface area contributed by atoms with Crippen molar-refractivity contribution in [3.8, 4) is 23.8 Å². The Morgan fingerprint density at radius 3 is 2.38 bits per heavy atom. The highest BCUT2D eigenvalue weighted by molar-refractivity contribution is 6.83. The van der Waals surface area contributed by atoms with Gasteiger partial charge in [0.15, 0.2) is 0 Å². The lowest BCUT2D eigenvalue weighted by Crippen LogP contribution is -2.17. The van der Waals surface area contributed by atoms with Crippen LogP contribution in [0.25, 0.3) is 0 Å². The lowest BCUT2D eigenvalue weighted by Gasteiger charge is -2.04. The standard InChI is InChI=1S/C11H16OSi/c1-6-10(2)9-11(12)7-8-13(3,4)5/h1,9,11-12H,2-5H3/b10-9-/t11-/m0/s1. The number of hydrogen-bond donors (Lipinski definition) is 1. The molecule has 0 saturated carbocycles. The zero-order chi connectivity index (χ0) is 10.5. The second kappa shape index (κ2) is 4.92. The summed E-state index contributed by atoms with van der Waals surface area (Å²) < 4.78 is 0. The van der Waals surface area contributed by atoms with Crippen LogP contribution in [0.15, 0.2) is 11.6 Å². The third-order valence-corrected chi connectivity index (χ3v) is 2.12. The second-order valence-corrected chi connectivity index (χ2v) is 8.71. The van der Waals surface area contributed by atoms with Crippen LogP contribution in [-0.4, -0.2) is 19.3 Å². The monoisotopic (exact) mass is 192 g/mol. The van der Waals surface area contributed by atoms with E-state index in [2.05, 4.69) is 37.0 Å². The summed E-state index contributed by atoms with van der Waals surface area (Å²) in [5.74, 6) is 5.22. The van der Waals surface area contributed by atoms with Crippen molar-refractivity contribution in [3.63, 3.8) is 0 Å². The molecule has 0 aliphatic carbocycles. The van der Waals surface area contributed by atoms with E-state index in [9.17, 15) is 5.11 Å². The van der Waals surface area contributed by atoms with Gasteiger partial charge in [-0.05, 0) is 18.6 Å². The summed E-state index contributed by atoms with van der Waals surface area (Å²) in [6.07, 6.45) is 6.00. The maximum atomic E-state index is 9.39. The van der Waals surface area contributed by atoms with Gasteiger partial charge in [0.2, 0.25) is 0 Å². The summed E-state index contributed by atoms with van der Waals surface area (Å²) in [5.41, 5.74) is 3.80. The topological polar surface area (TPSA) is 20.2 Å². The van der Waals surface area contributed by atoms with Crippen molar-refractivity contribution in [1.29, 1.82) is 0 Å².